The van der Waals surface area contributed by atoms with Gasteiger partial charge in [0.2, 0.25) is 0 Å². The molecule has 0 N–H and O–H groups in total. The van der Waals surface area contributed by atoms with Crippen molar-refractivity contribution < 1.29 is 4.74 Å². The molecule has 2 aromatic rings. The van der Waals surface area contributed by atoms with Gasteiger partial charge in [0, 0.05) is 5.92 Å². The summed E-state index contributed by atoms with van der Waals surface area (Å²) >= 11 is 1.84. The first-order valence-electron chi connectivity index (χ1n) is 5.91. The molecule has 82 valence electrons. The minimum atomic E-state index is 0.450. The fourth-order valence-corrected chi connectivity index (χ4v) is 4.08. The van der Waals surface area contributed by atoms with E-state index in [-0.39, 0.29) is 0 Å². The lowest BCUT2D eigenvalue weighted by Crippen LogP contribution is -2.13. The maximum Gasteiger partial charge on any atom is 0.0996 e. The lowest BCUT2D eigenvalue weighted by molar-refractivity contribution is 0.101. The number of nitrogens with zero attached hydrogens (tertiary/aromatic N) is 1. The van der Waals surface area contributed by atoms with Crippen LogP contribution in [0.4, 0.5) is 0 Å². The first-order chi connectivity index (χ1) is 7.90. The Kier molecular flexibility index (Phi) is 1.87. The number of rotatable bonds is 1. The van der Waals surface area contributed by atoms with Crippen LogP contribution in [0.5, 0.6) is 0 Å². The molecule has 4 rings (SSSR count). The van der Waals surface area contributed by atoms with Gasteiger partial charge in [0.15, 0.2) is 0 Å². The van der Waals surface area contributed by atoms with Crippen LogP contribution < -0.4 is 0 Å². The van der Waals surface area contributed by atoms with E-state index in [1.165, 1.54) is 29.0 Å². The first kappa shape index (κ1) is 9.14. The largest absolute Gasteiger partial charge is 0.374 e. The maximum absolute atomic E-state index is 5.90. The summed E-state index contributed by atoms with van der Waals surface area (Å²) in [5.74, 6) is 0.566. The average Bonchev–Trinajstić information content (AvgIpc) is 3.02. The molecule has 16 heavy (non-hydrogen) atoms. The second-order valence-corrected chi connectivity index (χ2v) is 5.80. The van der Waals surface area contributed by atoms with Crippen molar-refractivity contribution in [2.45, 2.75) is 37.4 Å². The second-order valence-electron chi connectivity index (χ2n) is 4.74. The van der Waals surface area contributed by atoms with Crippen molar-refractivity contribution in [3.05, 3.63) is 29.3 Å². The van der Waals surface area contributed by atoms with E-state index in [9.17, 15) is 0 Å². The number of benzene rings is 1. The summed E-state index contributed by atoms with van der Waals surface area (Å²) in [6, 6.07) is 8.40. The van der Waals surface area contributed by atoms with Crippen molar-refractivity contribution >= 4 is 21.6 Å². The quantitative estimate of drug-likeness (QED) is 0.751. The first-order valence-corrected chi connectivity index (χ1v) is 6.73. The van der Waals surface area contributed by atoms with Gasteiger partial charge in [-0.15, -0.1) is 11.3 Å². The van der Waals surface area contributed by atoms with E-state index in [1.54, 1.807) is 0 Å². The molecule has 0 radical (unpaired) electrons. The lowest BCUT2D eigenvalue weighted by Gasteiger charge is -2.15. The van der Waals surface area contributed by atoms with Gasteiger partial charge in [-0.2, -0.15) is 0 Å². The van der Waals surface area contributed by atoms with Gasteiger partial charge in [0.05, 0.1) is 27.4 Å². The molecule has 2 aliphatic heterocycles. The molecule has 2 saturated heterocycles. The van der Waals surface area contributed by atoms with Gasteiger partial charge in [-0.3, -0.25) is 0 Å². The Labute approximate surface area is 98.3 Å². The summed E-state index contributed by atoms with van der Waals surface area (Å²) < 4.78 is 7.21. The molecule has 0 amide bonds. The van der Waals surface area contributed by atoms with E-state index in [0.29, 0.717) is 18.1 Å². The Morgan fingerprint density at radius 2 is 2.19 bits per heavy atom. The van der Waals surface area contributed by atoms with E-state index in [2.05, 4.69) is 24.3 Å². The highest BCUT2D eigenvalue weighted by Crippen LogP contribution is 2.46. The van der Waals surface area contributed by atoms with Crippen molar-refractivity contribution in [3.8, 4) is 0 Å². The number of fused-ring (bicyclic) bond motifs is 3. The smallest absolute Gasteiger partial charge is 0.0996 e. The highest BCUT2D eigenvalue weighted by Gasteiger charge is 2.42. The molecule has 2 nitrogen and oxygen atoms in total. The Morgan fingerprint density at radius 3 is 2.94 bits per heavy atom. The Morgan fingerprint density at radius 1 is 1.25 bits per heavy atom. The minimum absolute atomic E-state index is 0.450. The average molecular weight is 231 g/mol. The van der Waals surface area contributed by atoms with Crippen molar-refractivity contribution in [2.24, 2.45) is 0 Å². The number of para-hydroxylation sites is 1. The van der Waals surface area contributed by atoms with Crippen LogP contribution in [0, 0.1) is 0 Å². The van der Waals surface area contributed by atoms with Crippen LogP contribution in [-0.2, 0) is 4.74 Å². The van der Waals surface area contributed by atoms with Gasteiger partial charge in [-0.1, -0.05) is 12.1 Å². The lowest BCUT2D eigenvalue weighted by atomic mass is 9.90. The molecule has 2 aliphatic rings. The highest BCUT2D eigenvalue weighted by molar-refractivity contribution is 7.18. The molecule has 2 fully saturated rings. The third kappa shape index (κ3) is 1.25. The molecule has 3 unspecified atom stereocenters. The zero-order chi connectivity index (χ0) is 10.5. The highest BCUT2D eigenvalue weighted by atomic mass is 32.1. The van der Waals surface area contributed by atoms with Crippen LogP contribution in [0.15, 0.2) is 24.3 Å². The molecular formula is C13H13NOS. The number of hydrogen-bond acceptors (Lipinski definition) is 3. The Bertz CT molecular complexity index is 502. The van der Waals surface area contributed by atoms with Gasteiger partial charge in [0.1, 0.15) is 0 Å². The van der Waals surface area contributed by atoms with Crippen LogP contribution in [-0.4, -0.2) is 17.2 Å². The molecule has 3 heteroatoms. The van der Waals surface area contributed by atoms with E-state index < -0.39 is 0 Å². The fraction of sp³-hybridized carbons (Fsp3) is 0.462. The topological polar surface area (TPSA) is 22.1 Å². The molecule has 0 spiro atoms. The minimum Gasteiger partial charge on any atom is -0.374 e. The molecular weight excluding hydrogens is 218 g/mol. The van der Waals surface area contributed by atoms with Crippen molar-refractivity contribution in [2.75, 3.05) is 0 Å². The summed E-state index contributed by atoms with van der Waals surface area (Å²) in [5.41, 5.74) is 1.14. The molecule has 3 atom stereocenters. The van der Waals surface area contributed by atoms with Crippen molar-refractivity contribution in [1.29, 1.82) is 0 Å². The van der Waals surface area contributed by atoms with E-state index in [1.807, 2.05) is 11.3 Å². The predicted molar refractivity (Wildman–Crippen MR) is 64.9 cm³/mol. The van der Waals surface area contributed by atoms with Crippen LogP contribution in [0.1, 0.15) is 30.2 Å². The molecule has 1 aromatic carbocycles. The standard InChI is InChI=1S/C13H13NOS/c1-2-4-12-10(3-1)14-13(16-12)9-7-8-5-6-11(9)15-8/h1-4,8-9,11H,5-7H2. The monoisotopic (exact) mass is 231 g/mol. The van der Waals surface area contributed by atoms with Gasteiger partial charge in [-0.25, -0.2) is 4.98 Å². The summed E-state index contributed by atoms with van der Waals surface area (Å²) in [6.45, 7) is 0. The van der Waals surface area contributed by atoms with Crippen LogP contribution in [0.25, 0.3) is 10.2 Å². The van der Waals surface area contributed by atoms with E-state index in [0.717, 1.165) is 5.52 Å². The van der Waals surface area contributed by atoms with Crippen LogP contribution in [0.2, 0.25) is 0 Å². The fourth-order valence-electron chi connectivity index (χ4n) is 2.95. The van der Waals surface area contributed by atoms with Gasteiger partial charge in [-0.05, 0) is 31.4 Å². The Balaban J connectivity index is 1.76. The third-order valence-corrected chi connectivity index (χ3v) is 4.90. The number of hydrogen-bond donors (Lipinski definition) is 0. The predicted octanol–water partition coefficient (Wildman–Crippen LogP) is 3.33. The van der Waals surface area contributed by atoms with E-state index >= 15 is 0 Å². The summed E-state index contributed by atoms with van der Waals surface area (Å²) in [6.07, 6.45) is 4.63. The summed E-state index contributed by atoms with van der Waals surface area (Å²) in [4.78, 5) is 4.75. The molecule has 0 saturated carbocycles. The number of ether oxygens (including phenoxy) is 1. The normalized spacial score (nSPS) is 32.6. The molecule has 2 bridgehead atoms. The van der Waals surface area contributed by atoms with E-state index in [4.69, 9.17) is 9.72 Å². The number of thiazole rings is 1. The molecule has 3 heterocycles. The SMILES string of the molecule is c1ccc2sc(C3CC4CCC3O4)nc2c1. The third-order valence-electron chi connectivity index (χ3n) is 3.73. The molecule has 0 aliphatic carbocycles. The summed E-state index contributed by atoms with van der Waals surface area (Å²) in [5, 5.41) is 1.29. The van der Waals surface area contributed by atoms with Gasteiger partial charge >= 0.3 is 0 Å². The van der Waals surface area contributed by atoms with Crippen molar-refractivity contribution in [3.63, 3.8) is 0 Å². The van der Waals surface area contributed by atoms with Crippen LogP contribution >= 0.6 is 11.3 Å². The Hall–Kier alpha value is -0.930. The van der Waals surface area contributed by atoms with Gasteiger partial charge in [0.25, 0.3) is 0 Å². The summed E-state index contributed by atoms with van der Waals surface area (Å²) in [7, 11) is 0. The zero-order valence-electron chi connectivity index (χ0n) is 8.93. The second kappa shape index (κ2) is 3.28. The van der Waals surface area contributed by atoms with Crippen molar-refractivity contribution in [1.82, 2.24) is 4.98 Å². The zero-order valence-corrected chi connectivity index (χ0v) is 9.74. The van der Waals surface area contributed by atoms with Gasteiger partial charge < -0.3 is 4.74 Å². The molecule has 1 aromatic heterocycles. The number of aromatic nitrogens is 1. The van der Waals surface area contributed by atoms with Crippen LogP contribution in [0.3, 0.4) is 0 Å². The maximum atomic E-state index is 5.90.